The molecule has 0 bridgehead atoms. The summed E-state index contributed by atoms with van der Waals surface area (Å²) in [5.74, 6) is 0.722. The zero-order valence-electron chi connectivity index (χ0n) is 14.8. The highest BCUT2D eigenvalue weighted by atomic mass is 35.5. The Morgan fingerprint density at radius 2 is 2.20 bits per heavy atom. The van der Waals surface area contributed by atoms with Crippen LogP contribution in [0.3, 0.4) is 0 Å². The summed E-state index contributed by atoms with van der Waals surface area (Å²) in [4.78, 5) is 29.1. The Morgan fingerprint density at radius 1 is 1.40 bits per heavy atom. The number of aryl methyl sites for hydroxylation is 1. The van der Waals surface area contributed by atoms with E-state index < -0.39 is 0 Å². The maximum atomic E-state index is 12.9. The van der Waals surface area contributed by atoms with E-state index in [1.807, 2.05) is 4.90 Å². The number of nitrogens with one attached hydrogen (secondary N) is 1. The molecule has 7 heteroatoms. The smallest absolute Gasteiger partial charge is 0.263 e. The van der Waals surface area contributed by atoms with Crippen molar-refractivity contribution in [1.29, 1.82) is 0 Å². The van der Waals surface area contributed by atoms with Gasteiger partial charge in [0, 0.05) is 31.1 Å². The second-order valence-electron chi connectivity index (χ2n) is 7.08. The van der Waals surface area contributed by atoms with Crippen LogP contribution < -0.4 is 11.1 Å². The van der Waals surface area contributed by atoms with E-state index in [9.17, 15) is 9.59 Å². The van der Waals surface area contributed by atoms with Crippen LogP contribution in [-0.4, -0.2) is 42.9 Å². The number of halogens is 1. The van der Waals surface area contributed by atoms with Crippen molar-refractivity contribution >= 4 is 35.6 Å². The Bertz CT molecular complexity index is 619. The van der Waals surface area contributed by atoms with E-state index in [1.165, 1.54) is 16.9 Å². The number of hydrogen-bond donors (Lipinski definition) is 2. The average Bonchev–Trinajstić information content (AvgIpc) is 3.02. The molecular weight excluding hydrogens is 358 g/mol. The average molecular weight is 386 g/mol. The van der Waals surface area contributed by atoms with Crippen LogP contribution in [0.5, 0.6) is 0 Å². The summed E-state index contributed by atoms with van der Waals surface area (Å²) in [5, 5.41) is 2.85. The van der Waals surface area contributed by atoms with Crippen molar-refractivity contribution in [3.63, 3.8) is 0 Å². The molecule has 0 spiro atoms. The van der Waals surface area contributed by atoms with Gasteiger partial charge in [-0.3, -0.25) is 9.59 Å². The third kappa shape index (κ3) is 4.74. The van der Waals surface area contributed by atoms with Gasteiger partial charge in [0.1, 0.15) is 0 Å². The molecule has 2 amide bonds. The predicted octanol–water partition coefficient (Wildman–Crippen LogP) is 2.22. The highest BCUT2D eigenvalue weighted by Crippen LogP contribution is 2.33. The van der Waals surface area contributed by atoms with Crippen LogP contribution in [0.2, 0.25) is 0 Å². The second kappa shape index (κ2) is 9.01. The van der Waals surface area contributed by atoms with Gasteiger partial charge in [0.05, 0.1) is 10.8 Å². The first-order chi connectivity index (χ1) is 11.6. The van der Waals surface area contributed by atoms with E-state index in [-0.39, 0.29) is 30.1 Å². The molecule has 0 aromatic carbocycles. The zero-order valence-corrected chi connectivity index (χ0v) is 16.4. The van der Waals surface area contributed by atoms with Crippen LogP contribution in [0.25, 0.3) is 0 Å². The fourth-order valence-electron chi connectivity index (χ4n) is 3.68. The summed E-state index contributed by atoms with van der Waals surface area (Å²) < 4.78 is 0. The fraction of sp³-hybridized carbons (Fsp3) is 0.667. The molecule has 25 heavy (non-hydrogen) atoms. The highest BCUT2D eigenvalue weighted by Gasteiger charge is 2.30. The zero-order chi connectivity index (χ0) is 17.1. The van der Waals surface area contributed by atoms with E-state index in [1.54, 1.807) is 11.3 Å². The number of hydrogen-bond acceptors (Lipinski definition) is 4. The Labute approximate surface area is 159 Å². The van der Waals surface area contributed by atoms with Gasteiger partial charge in [-0.05, 0) is 49.7 Å². The summed E-state index contributed by atoms with van der Waals surface area (Å²) in [6, 6.07) is 2.09. The van der Waals surface area contributed by atoms with Gasteiger partial charge >= 0.3 is 0 Å². The summed E-state index contributed by atoms with van der Waals surface area (Å²) in [6.45, 7) is 4.49. The molecule has 2 aliphatic rings. The van der Waals surface area contributed by atoms with Gasteiger partial charge in [-0.1, -0.05) is 6.92 Å². The largest absolute Gasteiger partial charge is 0.355 e. The Balaban J connectivity index is 0.00000225. The standard InChI is InChI=1S/C18H27N3O2S.ClH/c1-12-4-5-15-14(9-12)10-16(24-15)18(23)21-8-2-3-13(11-21)17(22)20-7-6-19;/h10,12-13H,2-9,11,19H2,1H3,(H,20,22);1H. The summed E-state index contributed by atoms with van der Waals surface area (Å²) in [7, 11) is 0. The molecule has 5 nitrogen and oxygen atoms in total. The molecule has 1 aromatic rings. The van der Waals surface area contributed by atoms with Crippen LogP contribution >= 0.6 is 23.7 Å². The lowest BCUT2D eigenvalue weighted by Gasteiger charge is -2.31. The molecule has 1 saturated heterocycles. The number of amides is 2. The molecule has 3 N–H and O–H groups in total. The number of nitrogens with two attached hydrogens (primary N) is 1. The van der Waals surface area contributed by atoms with E-state index in [0.29, 0.717) is 25.6 Å². The van der Waals surface area contributed by atoms with Crippen LogP contribution in [0, 0.1) is 11.8 Å². The van der Waals surface area contributed by atoms with Crippen LogP contribution in [-0.2, 0) is 17.6 Å². The van der Waals surface area contributed by atoms with Gasteiger partial charge in [0.15, 0.2) is 0 Å². The highest BCUT2D eigenvalue weighted by molar-refractivity contribution is 7.14. The van der Waals surface area contributed by atoms with Crippen molar-refractivity contribution in [1.82, 2.24) is 10.2 Å². The van der Waals surface area contributed by atoms with Crippen molar-refractivity contribution in [2.45, 2.75) is 39.0 Å². The topological polar surface area (TPSA) is 75.4 Å². The Kier molecular flexibility index (Phi) is 7.28. The molecule has 2 heterocycles. The maximum absolute atomic E-state index is 12.9. The summed E-state index contributed by atoms with van der Waals surface area (Å²) in [5.41, 5.74) is 6.80. The second-order valence-corrected chi connectivity index (χ2v) is 8.21. The van der Waals surface area contributed by atoms with Gasteiger partial charge in [0.2, 0.25) is 5.91 Å². The molecule has 1 aromatic heterocycles. The molecule has 0 radical (unpaired) electrons. The first-order valence-corrected chi connectivity index (χ1v) is 9.78. The number of piperidine rings is 1. The lowest BCUT2D eigenvalue weighted by Crippen LogP contribution is -2.46. The van der Waals surface area contributed by atoms with Crippen molar-refractivity contribution in [3.05, 3.63) is 21.4 Å². The van der Waals surface area contributed by atoms with E-state index in [2.05, 4.69) is 18.3 Å². The number of likely N-dealkylation sites (tertiary alicyclic amines) is 1. The molecule has 2 unspecified atom stereocenters. The molecule has 140 valence electrons. The minimum atomic E-state index is -0.108. The van der Waals surface area contributed by atoms with Gasteiger partial charge < -0.3 is 16.0 Å². The molecule has 1 aliphatic carbocycles. The van der Waals surface area contributed by atoms with Crippen LogP contribution in [0.4, 0.5) is 0 Å². The number of rotatable bonds is 4. The van der Waals surface area contributed by atoms with Gasteiger partial charge in [0.25, 0.3) is 5.91 Å². The van der Waals surface area contributed by atoms with Crippen LogP contribution in [0.15, 0.2) is 6.07 Å². The quantitative estimate of drug-likeness (QED) is 0.834. The molecule has 1 aliphatic heterocycles. The normalized spacial score (nSPS) is 22.7. The molecule has 0 saturated carbocycles. The predicted molar refractivity (Wildman–Crippen MR) is 103 cm³/mol. The third-order valence-electron chi connectivity index (χ3n) is 5.06. The minimum absolute atomic E-state index is 0. The molecule has 1 fully saturated rings. The van der Waals surface area contributed by atoms with Crippen molar-refractivity contribution in [2.24, 2.45) is 17.6 Å². The fourth-order valence-corrected chi connectivity index (χ4v) is 4.86. The minimum Gasteiger partial charge on any atom is -0.355 e. The number of carbonyl (C=O) groups excluding carboxylic acids is 2. The number of nitrogens with zero attached hydrogens (tertiary/aromatic N) is 1. The van der Waals surface area contributed by atoms with Gasteiger partial charge in [-0.25, -0.2) is 0 Å². The van der Waals surface area contributed by atoms with E-state index >= 15 is 0 Å². The summed E-state index contributed by atoms with van der Waals surface area (Å²) in [6.07, 6.45) is 5.13. The van der Waals surface area contributed by atoms with Crippen LogP contribution in [0.1, 0.15) is 46.3 Å². The molecular formula is C18H28ClN3O2S. The molecule has 3 rings (SSSR count). The van der Waals surface area contributed by atoms with Crippen molar-refractivity contribution < 1.29 is 9.59 Å². The number of carbonyl (C=O) groups is 2. The number of fused-ring (bicyclic) bond motifs is 1. The van der Waals surface area contributed by atoms with Crippen molar-refractivity contribution in [3.8, 4) is 0 Å². The van der Waals surface area contributed by atoms with Gasteiger partial charge in [-0.15, -0.1) is 23.7 Å². The van der Waals surface area contributed by atoms with E-state index in [0.717, 1.165) is 37.1 Å². The third-order valence-corrected chi connectivity index (χ3v) is 6.29. The lowest BCUT2D eigenvalue weighted by atomic mass is 9.90. The Hall–Kier alpha value is -1.11. The van der Waals surface area contributed by atoms with E-state index in [4.69, 9.17) is 5.73 Å². The first kappa shape index (κ1) is 20.2. The first-order valence-electron chi connectivity index (χ1n) is 8.97. The summed E-state index contributed by atoms with van der Waals surface area (Å²) >= 11 is 1.65. The lowest BCUT2D eigenvalue weighted by molar-refractivity contribution is -0.126. The maximum Gasteiger partial charge on any atom is 0.263 e. The SMILES string of the molecule is CC1CCc2sc(C(=O)N3CCCC(C(=O)NCCN)C3)cc2C1.Cl. The van der Waals surface area contributed by atoms with Gasteiger partial charge in [-0.2, -0.15) is 0 Å². The molecule has 2 atom stereocenters. The van der Waals surface area contributed by atoms with Crippen molar-refractivity contribution in [2.75, 3.05) is 26.2 Å². The number of thiophene rings is 1. The monoisotopic (exact) mass is 385 g/mol. The Morgan fingerprint density at radius 3 is 2.96 bits per heavy atom.